The number of ether oxygens (including phenoxy) is 1. The summed E-state index contributed by atoms with van der Waals surface area (Å²) in [4.78, 5) is 17.1. The van der Waals surface area contributed by atoms with Crippen LogP contribution in [0.3, 0.4) is 0 Å². The molecule has 144 valence electrons. The van der Waals surface area contributed by atoms with Gasteiger partial charge >= 0.3 is 5.97 Å². The van der Waals surface area contributed by atoms with Crippen LogP contribution in [0.5, 0.6) is 0 Å². The summed E-state index contributed by atoms with van der Waals surface area (Å²) >= 11 is 0. The van der Waals surface area contributed by atoms with Gasteiger partial charge in [0.1, 0.15) is 0 Å². The van der Waals surface area contributed by atoms with E-state index < -0.39 is 5.41 Å². The highest BCUT2D eigenvalue weighted by Gasteiger charge is 2.32. The van der Waals surface area contributed by atoms with Crippen LogP contribution in [0.4, 0.5) is 0 Å². The first-order valence-corrected chi connectivity index (χ1v) is 9.83. The molecular formula is C21H33N3O2. The Morgan fingerprint density at radius 3 is 2.42 bits per heavy atom. The van der Waals surface area contributed by atoms with Gasteiger partial charge in [-0.3, -0.25) is 15.0 Å². The zero-order valence-electron chi connectivity index (χ0n) is 16.4. The van der Waals surface area contributed by atoms with Crippen molar-refractivity contribution in [2.45, 2.75) is 40.0 Å². The van der Waals surface area contributed by atoms with Gasteiger partial charge in [0.05, 0.1) is 5.41 Å². The number of nitrogens with zero attached hydrogens (tertiary/aromatic N) is 2. The molecule has 0 amide bonds. The van der Waals surface area contributed by atoms with Gasteiger partial charge in [-0.05, 0) is 32.3 Å². The van der Waals surface area contributed by atoms with Crippen LogP contribution in [0.2, 0.25) is 0 Å². The highest BCUT2D eigenvalue weighted by Crippen LogP contribution is 2.22. The van der Waals surface area contributed by atoms with E-state index >= 15 is 0 Å². The van der Waals surface area contributed by atoms with Gasteiger partial charge in [-0.2, -0.15) is 0 Å². The van der Waals surface area contributed by atoms with Gasteiger partial charge in [0.15, 0.2) is 6.23 Å². The lowest BCUT2D eigenvalue weighted by Gasteiger charge is -2.35. The molecule has 0 bridgehead atoms. The molecule has 5 nitrogen and oxygen atoms in total. The summed E-state index contributed by atoms with van der Waals surface area (Å²) in [6, 6.07) is 10.7. The van der Waals surface area contributed by atoms with Crippen molar-refractivity contribution in [2.75, 3.05) is 39.3 Å². The van der Waals surface area contributed by atoms with Crippen LogP contribution in [0.25, 0.3) is 0 Å². The van der Waals surface area contributed by atoms with Crippen LogP contribution in [-0.2, 0) is 16.1 Å². The van der Waals surface area contributed by atoms with E-state index in [4.69, 9.17) is 4.74 Å². The Bertz CT molecular complexity index is 577. The van der Waals surface area contributed by atoms with Crippen LogP contribution in [0, 0.1) is 11.3 Å². The van der Waals surface area contributed by atoms with Crippen LogP contribution in [-0.4, -0.2) is 61.3 Å². The Morgan fingerprint density at radius 2 is 1.77 bits per heavy atom. The maximum Gasteiger partial charge on any atom is 0.312 e. The number of piperazine rings is 1. The number of hydrogen-bond acceptors (Lipinski definition) is 5. The van der Waals surface area contributed by atoms with E-state index in [-0.39, 0.29) is 12.2 Å². The smallest absolute Gasteiger partial charge is 0.312 e. The van der Waals surface area contributed by atoms with Crippen molar-refractivity contribution in [3.63, 3.8) is 0 Å². The molecule has 2 saturated heterocycles. The summed E-state index contributed by atoms with van der Waals surface area (Å²) in [5.74, 6) is 0.443. The van der Waals surface area contributed by atoms with E-state index in [0.717, 1.165) is 52.2 Å². The zero-order valence-corrected chi connectivity index (χ0v) is 16.4. The molecular weight excluding hydrogens is 326 g/mol. The van der Waals surface area contributed by atoms with E-state index in [0.29, 0.717) is 5.92 Å². The molecule has 2 heterocycles. The minimum atomic E-state index is -0.436. The van der Waals surface area contributed by atoms with Gasteiger partial charge in [-0.15, -0.1) is 0 Å². The molecule has 1 aromatic carbocycles. The first-order valence-electron chi connectivity index (χ1n) is 9.83. The lowest BCUT2D eigenvalue weighted by atomic mass is 9.97. The van der Waals surface area contributed by atoms with Crippen LogP contribution >= 0.6 is 0 Å². The molecule has 5 heteroatoms. The molecule has 0 aliphatic carbocycles. The van der Waals surface area contributed by atoms with Gasteiger partial charge < -0.3 is 9.64 Å². The number of hydrogen-bond donors (Lipinski definition) is 1. The highest BCUT2D eigenvalue weighted by atomic mass is 16.6. The van der Waals surface area contributed by atoms with Gasteiger partial charge in [0.25, 0.3) is 0 Å². The first kappa shape index (κ1) is 19.3. The fourth-order valence-corrected chi connectivity index (χ4v) is 3.64. The van der Waals surface area contributed by atoms with E-state index in [2.05, 4.69) is 45.4 Å². The molecule has 0 spiro atoms. The number of rotatable bonds is 5. The topological polar surface area (TPSA) is 44.8 Å². The minimum Gasteiger partial charge on any atom is -0.446 e. The molecule has 1 unspecified atom stereocenters. The third-order valence-electron chi connectivity index (χ3n) is 5.27. The Kier molecular flexibility index (Phi) is 6.33. The van der Waals surface area contributed by atoms with Crippen LogP contribution < -0.4 is 5.32 Å². The monoisotopic (exact) mass is 359 g/mol. The average molecular weight is 360 g/mol. The lowest BCUT2D eigenvalue weighted by Crippen LogP contribution is -2.47. The van der Waals surface area contributed by atoms with E-state index in [1.807, 2.05) is 20.8 Å². The summed E-state index contributed by atoms with van der Waals surface area (Å²) in [6.45, 7) is 13.3. The van der Waals surface area contributed by atoms with Crippen molar-refractivity contribution < 1.29 is 9.53 Å². The van der Waals surface area contributed by atoms with Crippen LogP contribution in [0.15, 0.2) is 30.3 Å². The van der Waals surface area contributed by atoms with Gasteiger partial charge in [-0.1, -0.05) is 30.3 Å². The standard InChI is InChI=1S/C21H33N3O2/c1-21(2,3)20(25)26-19-13-18(14-22-19)16-24-11-9-23(10-12-24)15-17-7-5-4-6-8-17/h4-8,18-19,22H,9-16H2,1-3H3/t18-,19?/m1/s1. The molecule has 0 saturated carbocycles. The van der Waals surface area contributed by atoms with Gasteiger partial charge in [0.2, 0.25) is 0 Å². The molecule has 3 rings (SSSR count). The second-order valence-electron chi connectivity index (χ2n) is 8.72. The highest BCUT2D eigenvalue weighted by molar-refractivity contribution is 5.75. The van der Waals surface area contributed by atoms with Crippen molar-refractivity contribution in [3.05, 3.63) is 35.9 Å². The summed E-state index contributed by atoms with van der Waals surface area (Å²) in [7, 11) is 0. The molecule has 26 heavy (non-hydrogen) atoms. The molecule has 2 aliphatic heterocycles. The summed E-state index contributed by atoms with van der Waals surface area (Å²) < 4.78 is 5.60. The van der Waals surface area contributed by atoms with Crippen molar-refractivity contribution in [2.24, 2.45) is 11.3 Å². The van der Waals surface area contributed by atoms with E-state index in [9.17, 15) is 4.79 Å². The SMILES string of the molecule is CC(C)(C)C(=O)OC1C[C@@H](CN2CCN(Cc3ccccc3)CC2)CN1. The molecule has 2 aliphatic rings. The number of benzene rings is 1. The fraction of sp³-hybridized carbons (Fsp3) is 0.667. The summed E-state index contributed by atoms with van der Waals surface area (Å²) in [5.41, 5.74) is 0.957. The summed E-state index contributed by atoms with van der Waals surface area (Å²) in [6.07, 6.45) is 0.803. The van der Waals surface area contributed by atoms with Crippen molar-refractivity contribution >= 4 is 5.97 Å². The lowest BCUT2D eigenvalue weighted by molar-refractivity contribution is -0.159. The van der Waals surface area contributed by atoms with Crippen LogP contribution in [0.1, 0.15) is 32.8 Å². The molecule has 1 aromatic rings. The minimum absolute atomic E-state index is 0.119. The van der Waals surface area contributed by atoms with Gasteiger partial charge in [-0.25, -0.2) is 0 Å². The first-order chi connectivity index (χ1) is 12.4. The predicted octanol–water partition coefficient (Wildman–Crippen LogP) is 2.33. The number of carbonyl (C=O) groups excluding carboxylic acids is 1. The number of carbonyl (C=O) groups is 1. The molecule has 2 atom stereocenters. The largest absolute Gasteiger partial charge is 0.446 e. The average Bonchev–Trinajstić information content (AvgIpc) is 3.04. The number of nitrogens with one attached hydrogen (secondary N) is 1. The Morgan fingerprint density at radius 1 is 1.12 bits per heavy atom. The third kappa shape index (κ3) is 5.53. The quantitative estimate of drug-likeness (QED) is 0.818. The van der Waals surface area contributed by atoms with Crippen molar-refractivity contribution in [3.8, 4) is 0 Å². The second-order valence-corrected chi connectivity index (χ2v) is 8.72. The molecule has 2 fully saturated rings. The number of esters is 1. The normalized spacial score (nSPS) is 25.3. The fourth-order valence-electron chi connectivity index (χ4n) is 3.64. The zero-order chi connectivity index (χ0) is 18.6. The predicted molar refractivity (Wildman–Crippen MR) is 104 cm³/mol. The second kappa shape index (κ2) is 8.51. The Balaban J connectivity index is 1.37. The molecule has 0 aromatic heterocycles. The third-order valence-corrected chi connectivity index (χ3v) is 5.27. The summed E-state index contributed by atoms with van der Waals surface area (Å²) in [5, 5.41) is 3.36. The maximum atomic E-state index is 12.0. The Hall–Kier alpha value is -1.43. The molecule has 1 N–H and O–H groups in total. The Labute approximate surface area is 157 Å². The molecule has 0 radical (unpaired) electrons. The van der Waals surface area contributed by atoms with Crippen molar-refractivity contribution in [1.82, 2.24) is 15.1 Å². The van der Waals surface area contributed by atoms with Gasteiger partial charge in [0, 0.05) is 52.2 Å². The van der Waals surface area contributed by atoms with E-state index in [1.165, 1.54) is 5.56 Å². The van der Waals surface area contributed by atoms with E-state index in [1.54, 1.807) is 0 Å². The van der Waals surface area contributed by atoms with Crippen molar-refractivity contribution in [1.29, 1.82) is 0 Å². The maximum absolute atomic E-state index is 12.0.